The third-order valence-corrected chi connectivity index (χ3v) is 4.36. The quantitative estimate of drug-likeness (QED) is 0.725. The van der Waals surface area contributed by atoms with Gasteiger partial charge in [0.05, 0.1) is 17.3 Å². The van der Waals surface area contributed by atoms with Crippen LogP contribution in [0, 0.1) is 5.92 Å². The van der Waals surface area contributed by atoms with Gasteiger partial charge in [-0.25, -0.2) is 0 Å². The first-order chi connectivity index (χ1) is 10.7. The Bertz CT molecular complexity index is 832. The predicted molar refractivity (Wildman–Crippen MR) is 84.5 cm³/mol. The fourth-order valence-corrected chi connectivity index (χ4v) is 3.30. The first-order valence-corrected chi connectivity index (χ1v) is 7.59. The van der Waals surface area contributed by atoms with Crippen molar-refractivity contribution in [1.82, 2.24) is 20.1 Å². The molecule has 1 amide bonds. The van der Waals surface area contributed by atoms with Crippen LogP contribution >= 0.6 is 0 Å². The molecular formula is C17H18N4O. The van der Waals surface area contributed by atoms with Crippen LogP contribution in [0.5, 0.6) is 0 Å². The van der Waals surface area contributed by atoms with Gasteiger partial charge in [0.1, 0.15) is 0 Å². The second kappa shape index (κ2) is 5.02. The number of nitrogens with one attached hydrogen (secondary N) is 2. The monoisotopic (exact) mass is 294 g/mol. The zero-order valence-corrected chi connectivity index (χ0v) is 12.5. The van der Waals surface area contributed by atoms with Gasteiger partial charge >= 0.3 is 0 Å². The maximum absolute atomic E-state index is 13.0. The van der Waals surface area contributed by atoms with Gasteiger partial charge in [0.25, 0.3) is 5.91 Å². The van der Waals surface area contributed by atoms with Crippen LogP contribution < -0.4 is 0 Å². The number of hydrogen-bond acceptors (Lipinski definition) is 2. The molecule has 4 rings (SSSR count). The van der Waals surface area contributed by atoms with Gasteiger partial charge in [-0.2, -0.15) is 5.10 Å². The minimum Gasteiger partial charge on any atom is -0.361 e. The highest BCUT2D eigenvalue weighted by Gasteiger charge is 2.25. The number of benzene rings is 1. The molecule has 1 aliphatic heterocycles. The number of para-hydroxylation sites is 1. The van der Waals surface area contributed by atoms with Crippen LogP contribution in [0.25, 0.3) is 10.9 Å². The lowest BCUT2D eigenvalue weighted by Crippen LogP contribution is -2.33. The molecule has 5 nitrogen and oxygen atoms in total. The molecule has 5 heteroatoms. The minimum atomic E-state index is 0.0777. The van der Waals surface area contributed by atoms with Crippen molar-refractivity contribution in [2.45, 2.75) is 19.9 Å². The van der Waals surface area contributed by atoms with Crippen molar-refractivity contribution in [2.24, 2.45) is 5.92 Å². The number of fused-ring (bicyclic) bond motifs is 2. The van der Waals surface area contributed by atoms with E-state index in [-0.39, 0.29) is 5.91 Å². The molecule has 1 atom stereocenters. The van der Waals surface area contributed by atoms with Gasteiger partial charge in [0, 0.05) is 35.9 Å². The van der Waals surface area contributed by atoms with Crippen molar-refractivity contribution < 1.29 is 4.79 Å². The zero-order chi connectivity index (χ0) is 15.1. The molecule has 1 aromatic carbocycles. The summed E-state index contributed by atoms with van der Waals surface area (Å²) < 4.78 is 0. The largest absolute Gasteiger partial charge is 0.361 e. The van der Waals surface area contributed by atoms with Crippen LogP contribution in [0.4, 0.5) is 0 Å². The van der Waals surface area contributed by atoms with Crippen LogP contribution in [0.3, 0.4) is 0 Å². The highest BCUT2D eigenvalue weighted by molar-refractivity contribution is 6.05. The van der Waals surface area contributed by atoms with Gasteiger partial charge in [0.2, 0.25) is 0 Å². The Morgan fingerprint density at radius 3 is 3.18 bits per heavy atom. The van der Waals surface area contributed by atoms with Crippen LogP contribution in [-0.2, 0) is 13.0 Å². The van der Waals surface area contributed by atoms with Crippen LogP contribution in [0.2, 0.25) is 0 Å². The average Bonchev–Trinajstić information content (AvgIpc) is 3.12. The van der Waals surface area contributed by atoms with Gasteiger partial charge in [0.15, 0.2) is 0 Å². The molecule has 0 fully saturated rings. The number of H-pyrrole nitrogens is 2. The molecule has 0 bridgehead atoms. The van der Waals surface area contributed by atoms with E-state index in [4.69, 9.17) is 0 Å². The smallest absolute Gasteiger partial charge is 0.256 e. The summed E-state index contributed by atoms with van der Waals surface area (Å²) >= 11 is 0. The van der Waals surface area contributed by atoms with Crippen molar-refractivity contribution in [1.29, 1.82) is 0 Å². The molecule has 22 heavy (non-hydrogen) atoms. The third-order valence-electron chi connectivity index (χ3n) is 4.36. The summed E-state index contributed by atoms with van der Waals surface area (Å²) in [5.74, 6) is 0.488. The molecule has 0 spiro atoms. The van der Waals surface area contributed by atoms with Gasteiger partial charge in [-0.05, 0) is 24.5 Å². The molecule has 112 valence electrons. The van der Waals surface area contributed by atoms with Crippen molar-refractivity contribution >= 4 is 16.8 Å². The topological polar surface area (TPSA) is 64.8 Å². The Kier molecular flexibility index (Phi) is 2.99. The summed E-state index contributed by atoms with van der Waals surface area (Å²) in [5.41, 5.74) is 3.93. The fourth-order valence-electron chi connectivity index (χ4n) is 3.30. The number of aromatic nitrogens is 3. The molecule has 3 heterocycles. The maximum Gasteiger partial charge on any atom is 0.256 e. The fraction of sp³-hybridized carbons (Fsp3) is 0.294. The first-order valence-electron chi connectivity index (χ1n) is 7.59. The molecule has 1 unspecified atom stereocenters. The van der Waals surface area contributed by atoms with E-state index < -0.39 is 0 Å². The zero-order valence-electron chi connectivity index (χ0n) is 12.5. The Balaban J connectivity index is 1.72. The number of carbonyl (C=O) groups excluding carboxylic acids is 1. The van der Waals surface area contributed by atoms with E-state index in [1.165, 1.54) is 0 Å². The highest BCUT2D eigenvalue weighted by atomic mass is 16.2. The van der Waals surface area contributed by atoms with E-state index in [0.29, 0.717) is 12.5 Å². The highest BCUT2D eigenvalue weighted by Crippen LogP contribution is 2.24. The molecule has 0 saturated carbocycles. The van der Waals surface area contributed by atoms with Crippen LogP contribution in [-0.4, -0.2) is 32.5 Å². The first kappa shape index (κ1) is 13.1. The number of nitrogens with zero attached hydrogens (tertiary/aromatic N) is 2. The number of amides is 1. The predicted octanol–water partition coefficient (Wildman–Crippen LogP) is 2.73. The Hall–Kier alpha value is -2.56. The Morgan fingerprint density at radius 2 is 2.27 bits per heavy atom. The summed E-state index contributed by atoms with van der Waals surface area (Å²) in [4.78, 5) is 18.1. The van der Waals surface area contributed by atoms with E-state index in [0.717, 1.165) is 40.7 Å². The molecule has 0 radical (unpaired) electrons. The number of carbonyl (C=O) groups is 1. The third kappa shape index (κ3) is 2.09. The maximum atomic E-state index is 13.0. The lowest BCUT2D eigenvalue weighted by atomic mass is 10.1. The average molecular weight is 294 g/mol. The van der Waals surface area contributed by atoms with Gasteiger partial charge in [-0.15, -0.1) is 0 Å². The molecule has 2 aromatic heterocycles. The number of hydrogen-bond donors (Lipinski definition) is 2. The van der Waals surface area contributed by atoms with Crippen molar-refractivity contribution in [3.05, 3.63) is 53.5 Å². The lowest BCUT2D eigenvalue weighted by molar-refractivity contribution is 0.0727. The number of rotatable bonds is 1. The van der Waals surface area contributed by atoms with Gasteiger partial charge < -0.3 is 9.88 Å². The molecule has 0 aliphatic carbocycles. The minimum absolute atomic E-state index is 0.0777. The van der Waals surface area contributed by atoms with Crippen molar-refractivity contribution in [3.63, 3.8) is 0 Å². The summed E-state index contributed by atoms with van der Waals surface area (Å²) in [7, 11) is 0. The van der Waals surface area contributed by atoms with Crippen LogP contribution in [0.15, 0.2) is 36.7 Å². The van der Waals surface area contributed by atoms with E-state index in [9.17, 15) is 4.79 Å². The second-order valence-corrected chi connectivity index (χ2v) is 6.12. The van der Waals surface area contributed by atoms with Crippen molar-refractivity contribution in [3.8, 4) is 0 Å². The van der Waals surface area contributed by atoms with E-state index in [1.54, 1.807) is 0 Å². The standard InChI is InChI=1S/C17H18N4O/c1-11-7-15-13(8-19-20-15)10-21(9-11)17(22)14-4-2-3-12-5-6-18-16(12)14/h2-6,8,11,18H,7,9-10H2,1H3,(H,19,20). The molecule has 2 N–H and O–H groups in total. The Morgan fingerprint density at radius 1 is 1.36 bits per heavy atom. The van der Waals surface area contributed by atoms with Gasteiger partial charge in [-0.3, -0.25) is 9.89 Å². The molecule has 1 aliphatic rings. The van der Waals surface area contributed by atoms with Gasteiger partial charge in [-0.1, -0.05) is 19.1 Å². The lowest BCUT2D eigenvalue weighted by Gasteiger charge is -2.23. The summed E-state index contributed by atoms with van der Waals surface area (Å²) in [6.45, 7) is 3.55. The summed E-state index contributed by atoms with van der Waals surface area (Å²) in [5, 5.41) is 8.24. The van der Waals surface area contributed by atoms with E-state index >= 15 is 0 Å². The SMILES string of the molecule is CC1Cc2[nH]ncc2CN(C(=O)c2cccc3cc[nH]c23)C1. The molecule has 0 saturated heterocycles. The van der Waals surface area contributed by atoms with Crippen molar-refractivity contribution in [2.75, 3.05) is 6.54 Å². The summed E-state index contributed by atoms with van der Waals surface area (Å²) in [6, 6.07) is 7.84. The molecular weight excluding hydrogens is 276 g/mol. The second-order valence-electron chi connectivity index (χ2n) is 6.12. The molecule has 3 aromatic rings. The number of aromatic amines is 2. The normalized spacial score (nSPS) is 18.2. The van der Waals surface area contributed by atoms with Crippen LogP contribution in [0.1, 0.15) is 28.5 Å². The van der Waals surface area contributed by atoms with E-state index in [1.807, 2.05) is 41.6 Å². The summed E-state index contributed by atoms with van der Waals surface area (Å²) in [6.07, 6.45) is 4.65. The Labute approximate surface area is 128 Å². The van der Waals surface area contributed by atoms with E-state index in [2.05, 4.69) is 22.1 Å².